The first-order valence-electron chi connectivity index (χ1n) is 7.51. The van der Waals surface area contributed by atoms with E-state index >= 15 is 0 Å². The quantitative estimate of drug-likeness (QED) is 0.791. The molecule has 0 aliphatic carbocycles. The Morgan fingerprint density at radius 3 is 2.40 bits per heavy atom. The Bertz CT molecular complexity index is 419. The van der Waals surface area contributed by atoms with E-state index < -0.39 is 0 Å². The summed E-state index contributed by atoms with van der Waals surface area (Å²) in [7, 11) is 2.20. The Morgan fingerprint density at radius 1 is 1.15 bits per heavy atom. The topological polar surface area (TPSA) is 6.48 Å². The molecule has 1 saturated heterocycles. The second kappa shape index (κ2) is 7.87. The minimum atomic E-state index is 1.07. The highest BCUT2D eigenvalue weighted by Crippen LogP contribution is 2.26. The molecule has 0 saturated carbocycles. The van der Waals surface area contributed by atoms with Crippen LogP contribution in [0.5, 0.6) is 0 Å². The maximum atomic E-state index is 4.16. The van der Waals surface area contributed by atoms with Crippen LogP contribution in [-0.2, 0) is 6.54 Å². The molecule has 1 heterocycles. The molecule has 0 aromatic heterocycles. The lowest BCUT2D eigenvalue weighted by molar-refractivity contribution is 0.148. The Balaban J connectivity index is 1.86. The molecule has 20 heavy (non-hydrogen) atoms. The monoisotopic (exact) mass is 290 g/mol. The molecule has 0 spiro atoms. The van der Waals surface area contributed by atoms with Gasteiger partial charge in [-0.15, -0.1) is 11.8 Å². The molecule has 2 nitrogen and oxygen atoms in total. The van der Waals surface area contributed by atoms with Gasteiger partial charge < -0.3 is 4.90 Å². The van der Waals surface area contributed by atoms with Crippen LogP contribution in [0.4, 0.5) is 0 Å². The van der Waals surface area contributed by atoms with E-state index in [9.17, 15) is 0 Å². The maximum Gasteiger partial charge on any atom is 0.0234 e. The molecule has 0 bridgehead atoms. The standard InChI is InChI=1S/C17H26N2S/c1-4-13-20-15(2)17-7-5-16(6-8-17)14-19-11-9-18(3)10-12-19/h5-8H,2,4,9-14H2,1,3H3. The largest absolute Gasteiger partial charge is 0.304 e. The van der Waals surface area contributed by atoms with Crippen molar-refractivity contribution in [1.29, 1.82) is 0 Å². The zero-order valence-electron chi connectivity index (χ0n) is 12.8. The smallest absolute Gasteiger partial charge is 0.0234 e. The van der Waals surface area contributed by atoms with Crippen LogP contribution in [0.2, 0.25) is 0 Å². The predicted molar refractivity (Wildman–Crippen MR) is 91.0 cm³/mol. The van der Waals surface area contributed by atoms with Crippen LogP contribution in [0.15, 0.2) is 30.8 Å². The molecule has 1 aliphatic rings. The van der Waals surface area contributed by atoms with Crippen molar-refractivity contribution in [2.75, 3.05) is 39.0 Å². The van der Waals surface area contributed by atoms with E-state index in [-0.39, 0.29) is 0 Å². The van der Waals surface area contributed by atoms with Crippen LogP contribution in [-0.4, -0.2) is 48.8 Å². The zero-order chi connectivity index (χ0) is 14.4. The summed E-state index contributed by atoms with van der Waals surface area (Å²) in [5.74, 6) is 1.15. The lowest BCUT2D eigenvalue weighted by atomic mass is 10.1. The first-order valence-corrected chi connectivity index (χ1v) is 8.49. The number of thioether (sulfide) groups is 1. The van der Waals surface area contributed by atoms with Crippen LogP contribution in [0, 0.1) is 0 Å². The summed E-state index contributed by atoms with van der Waals surface area (Å²) in [6.45, 7) is 12.2. The van der Waals surface area contributed by atoms with E-state index in [0.29, 0.717) is 0 Å². The fourth-order valence-corrected chi connectivity index (χ4v) is 3.12. The summed E-state index contributed by atoms with van der Waals surface area (Å²) in [5, 5.41) is 0. The van der Waals surface area contributed by atoms with Crippen molar-refractivity contribution in [2.45, 2.75) is 19.9 Å². The highest BCUT2D eigenvalue weighted by Gasteiger charge is 2.13. The molecule has 0 N–H and O–H groups in total. The van der Waals surface area contributed by atoms with Gasteiger partial charge in [-0.3, -0.25) is 4.90 Å². The van der Waals surface area contributed by atoms with Gasteiger partial charge in [0.25, 0.3) is 0 Å². The normalized spacial score (nSPS) is 17.3. The molecule has 1 aliphatic heterocycles. The van der Waals surface area contributed by atoms with Gasteiger partial charge in [0, 0.05) is 37.6 Å². The molecule has 1 fully saturated rings. The first-order chi connectivity index (χ1) is 9.69. The Hall–Kier alpha value is -0.770. The van der Waals surface area contributed by atoms with Gasteiger partial charge in [0.2, 0.25) is 0 Å². The Labute approximate surface area is 127 Å². The molecular weight excluding hydrogens is 264 g/mol. The number of hydrogen-bond donors (Lipinski definition) is 0. The van der Waals surface area contributed by atoms with E-state index in [2.05, 4.69) is 54.6 Å². The summed E-state index contributed by atoms with van der Waals surface area (Å²) in [4.78, 5) is 6.13. The summed E-state index contributed by atoms with van der Waals surface area (Å²) >= 11 is 1.86. The molecule has 3 heteroatoms. The van der Waals surface area contributed by atoms with Gasteiger partial charge in [0.15, 0.2) is 0 Å². The summed E-state index contributed by atoms with van der Waals surface area (Å²) in [5.41, 5.74) is 2.68. The van der Waals surface area contributed by atoms with Crippen LogP contribution in [0.3, 0.4) is 0 Å². The highest BCUT2D eigenvalue weighted by atomic mass is 32.2. The van der Waals surface area contributed by atoms with Gasteiger partial charge in [0.1, 0.15) is 0 Å². The number of likely N-dealkylation sites (N-methyl/N-ethyl adjacent to an activating group) is 1. The molecule has 0 unspecified atom stereocenters. The van der Waals surface area contributed by atoms with Crippen LogP contribution < -0.4 is 0 Å². The van der Waals surface area contributed by atoms with Crippen molar-refractivity contribution in [3.05, 3.63) is 42.0 Å². The SMILES string of the molecule is C=C(SCCC)c1ccc(CN2CCN(C)CC2)cc1. The lowest BCUT2D eigenvalue weighted by Gasteiger charge is -2.32. The van der Waals surface area contributed by atoms with Gasteiger partial charge in [-0.1, -0.05) is 37.8 Å². The van der Waals surface area contributed by atoms with Gasteiger partial charge >= 0.3 is 0 Å². The van der Waals surface area contributed by atoms with E-state index in [4.69, 9.17) is 0 Å². The Kier molecular flexibility index (Phi) is 6.14. The van der Waals surface area contributed by atoms with Gasteiger partial charge in [-0.2, -0.15) is 0 Å². The van der Waals surface area contributed by atoms with Gasteiger partial charge in [-0.25, -0.2) is 0 Å². The number of nitrogens with zero attached hydrogens (tertiary/aromatic N) is 2. The maximum absolute atomic E-state index is 4.16. The van der Waals surface area contributed by atoms with Crippen molar-refractivity contribution >= 4 is 16.7 Å². The summed E-state index contributed by atoms with van der Waals surface area (Å²) in [6, 6.07) is 8.95. The predicted octanol–water partition coefficient (Wildman–Crippen LogP) is 3.55. The number of benzene rings is 1. The van der Waals surface area contributed by atoms with Crippen LogP contribution >= 0.6 is 11.8 Å². The second-order valence-electron chi connectivity index (χ2n) is 5.55. The van der Waals surface area contributed by atoms with E-state index in [0.717, 1.165) is 12.3 Å². The number of rotatable bonds is 6. The minimum Gasteiger partial charge on any atom is -0.304 e. The van der Waals surface area contributed by atoms with E-state index in [1.54, 1.807) is 0 Å². The fraction of sp³-hybridized carbons (Fsp3) is 0.529. The van der Waals surface area contributed by atoms with Crippen molar-refractivity contribution in [2.24, 2.45) is 0 Å². The molecular formula is C17H26N2S. The van der Waals surface area contributed by atoms with Crippen LogP contribution in [0.1, 0.15) is 24.5 Å². The molecule has 0 amide bonds. The van der Waals surface area contributed by atoms with Crippen molar-refractivity contribution in [3.8, 4) is 0 Å². The number of hydrogen-bond acceptors (Lipinski definition) is 3. The molecule has 0 radical (unpaired) electrons. The molecule has 1 aromatic carbocycles. The summed E-state index contributed by atoms with van der Waals surface area (Å²) in [6.07, 6.45) is 1.20. The fourth-order valence-electron chi connectivity index (χ4n) is 2.37. The lowest BCUT2D eigenvalue weighted by Crippen LogP contribution is -2.43. The number of piperazine rings is 1. The van der Waals surface area contributed by atoms with Gasteiger partial charge in [0.05, 0.1) is 0 Å². The average molecular weight is 290 g/mol. The van der Waals surface area contributed by atoms with Crippen molar-refractivity contribution in [3.63, 3.8) is 0 Å². The molecule has 2 rings (SSSR count). The average Bonchev–Trinajstić information content (AvgIpc) is 2.48. The first kappa shape index (κ1) is 15.6. The second-order valence-corrected chi connectivity index (χ2v) is 6.74. The Morgan fingerprint density at radius 2 is 1.80 bits per heavy atom. The summed E-state index contributed by atoms with van der Waals surface area (Å²) < 4.78 is 0. The molecule has 0 atom stereocenters. The third kappa shape index (κ3) is 4.65. The van der Waals surface area contributed by atoms with Crippen molar-refractivity contribution < 1.29 is 0 Å². The molecule has 1 aromatic rings. The zero-order valence-corrected chi connectivity index (χ0v) is 13.6. The highest BCUT2D eigenvalue weighted by molar-refractivity contribution is 8.08. The van der Waals surface area contributed by atoms with E-state index in [1.807, 2.05) is 11.8 Å². The third-order valence-electron chi connectivity index (χ3n) is 3.76. The third-order valence-corrected chi connectivity index (χ3v) is 4.95. The molecule has 110 valence electrons. The van der Waals surface area contributed by atoms with Crippen molar-refractivity contribution in [1.82, 2.24) is 9.80 Å². The van der Waals surface area contributed by atoms with Crippen LogP contribution in [0.25, 0.3) is 4.91 Å². The minimum absolute atomic E-state index is 1.07. The van der Waals surface area contributed by atoms with E-state index in [1.165, 1.54) is 48.6 Å². The van der Waals surface area contributed by atoms with Gasteiger partial charge in [-0.05, 0) is 30.3 Å².